The third-order valence-electron chi connectivity index (χ3n) is 4.43. The zero-order valence-electron chi connectivity index (χ0n) is 13.0. The first-order chi connectivity index (χ1) is 8.99. The molecular formula is C15H30N2O2. The van der Waals surface area contributed by atoms with Gasteiger partial charge in [-0.05, 0) is 40.5 Å². The maximum Gasteiger partial charge on any atom is 0.116 e. The summed E-state index contributed by atoms with van der Waals surface area (Å²) in [6.45, 7) is 14.9. The van der Waals surface area contributed by atoms with Crippen molar-refractivity contribution in [3.63, 3.8) is 0 Å². The lowest BCUT2D eigenvalue weighted by Crippen LogP contribution is -2.54. The highest BCUT2D eigenvalue weighted by Gasteiger charge is 2.33. The van der Waals surface area contributed by atoms with Crippen molar-refractivity contribution in [1.29, 1.82) is 0 Å². The predicted molar refractivity (Wildman–Crippen MR) is 77.3 cm³/mol. The van der Waals surface area contributed by atoms with Gasteiger partial charge in [0, 0.05) is 32.2 Å². The molecule has 0 bridgehead atoms. The average Bonchev–Trinajstić information content (AvgIpc) is 2.40. The number of hydrogen-bond acceptors (Lipinski definition) is 4. The first-order valence-electron chi connectivity index (χ1n) is 7.74. The molecule has 2 aliphatic rings. The number of likely N-dealkylation sites (tertiary alicyclic amines) is 1. The quantitative estimate of drug-likeness (QED) is 0.779. The summed E-state index contributed by atoms with van der Waals surface area (Å²) in [5, 5.41) is 0. The lowest BCUT2D eigenvalue weighted by Gasteiger charge is -2.44. The van der Waals surface area contributed by atoms with E-state index in [-0.39, 0.29) is 5.72 Å². The molecule has 0 amide bonds. The van der Waals surface area contributed by atoms with Crippen molar-refractivity contribution in [2.45, 2.75) is 58.4 Å². The third-order valence-corrected chi connectivity index (χ3v) is 4.43. The van der Waals surface area contributed by atoms with Crippen LogP contribution in [0.4, 0.5) is 0 Å². The number of piperidine rings is 1. The second-order valence-electron chi connectivity index (χ2n) is 6.49. The van der Waals surface area contributed by atoms with E-state index in [1.807, 2.05) is 0 Å². The van der Waals surface area contributed by atoms with Gasteiger partial charge in [0.2, 0.25) is 0 Å². The standard InChI is InChI=1S/C15H30N2O2/c1-13(2)16-7-5-14(6-8-16)19-15(3,4)17-9-11-18-12-10-17/h13-14H,5-12H2,1-4H3. The summed E-state index contributed by atoms with van der Waals surface area (Å²) < 4.78 is 11.8. The molecule has 2 fully saturated rings. The number of nitrogens with zero attached hydrogens (tertiary/aromatic N) is 2. The van der Waals surface area contributed by atoms with Crippen molar-refractivity contribution in [3.05, 3.63) is 0 Å². The van der Waals surface area contributed by atoms with E-state index in [9.17, 15) is 0 Å². The zero-order valence-corrected chi connectivity index (χ0v) is 13.0. The number of morpholine rings is 1. The fourth-order valence-electron chi connectivity index (χ4n) is 3.09. The Morgan fingerprint density at radius 1 is 1.05 bits per heavy atom. The van der Waals surface area contributed by atoms with Crippen molar-refractivity contribution in [1.82, 2.24) is 9.80 Å². The lowest BCUT2D eigenvalue weighted by molar-refractivity contribution is -0.191. The maximum atomic E-state index is 6.39. The van der Waals surface area contributed by atoms with Crippen LogP contribution in [0.15, 0.2) is 0 Å². The number of ether oxygens (including phenoxy) is 2. The third kappa shape index (κ3) is 4.15. The van der Waals surface area contributed by atoms with Crippen LogP contribution in [0.2, 0.25) is 0 Å². The minimum Gasteiger partial charge on any atom is -0.379 e. The molecule has 4 heteroatoms. The Labute approximate surface area is 118 Å². The van der Waals surface area contributed by atoms with Gasteiger partial charge in [-0.2, -0.15) is 0 Å². The van der Waals surface area contributed by atoms with Crippen molar-refractivity contribution in [3.8, 4) is 0 Å². The summed E-state index contributed by atoms with van der Waals surface area (Å²) in [5.74, 6) is 0. The molecule has 112 valence electrons. The second kappa shape index (κ2) is 6.53. The van der Waals surface area contributed by atoms with Crippen molar-refractivity contribution < 1.29 is 9.47 Å². The molecule has 0 aromatic rings. The molecule has 2 rings (SSSR count). The molecule has 0 spiro atoms. The minimum atomic E-state index is -0.158. The molecule has 0 aromatic carbocycles. The summed E-state index contributed by atoms with van der Waals surface area (Å²) in [5.41, 5.74) is -0.158. The Morgan fingerprint density at radius 2 is 1.63 bits per heavy atom. The van der Waals surface area contributed by atoms with Crippen molar-refractivity contribution in [2.24, 2.45) is 0 Å². The molecule has 2 heterocycles. The summed E-state index contributed by atoms with van der Waals surface area (Å²) >= 11 is 0. The fraction of sp³-hybridized carbons (Fsp3) is 1.00. The fourth-order valence-corrected chi connectivity index (χ4v) is 3.09. The van der Waals surface area contributed by atoms with E-state index in [1.165, 1.54) is 13.1 Å². The average molecular weight is 270 g/mol. The summed E-state index contributed by atoms with van der Waals surface area (Å²) in [7, 11) is 0. The zero-order chi connectivity index (χ0) is 13.9. The van der Waals surface area contributed by atoms with E-state index in [0.717, 1.165) is 39.1 Å². The Hall–Kier alpha value is -0.160. The van der Waals surface area contributed by atoms with E-state index in [2.05, 4.69) is 37.5 Å². The van der Waals surface area contributed by atoms with Gasteiger partial charge in [-0.3, -0.25) is 4.90 Å². The summed E-state index contributed by atoms with van der Waals surface area (Å²) in [4.78, 5) is 4.95. The van der Waals surface area contributed by atoms with Gasteiger partial charge in [-0.25, -0.2) is 0 Å². The SMILES string of the molecule is CC(C)N1CCC(OC(C)(C)N2CCOCC2)CC1. The molecule has 4 nitrogen and oxygen atoms in total. The van der Waals surface area contributed by atoms with E-state index in [0.29, 0.717) is 12.1 Å². The van der Waals surface area contributed by atoms with Gasteiger partial charge in [0.25, 0.3) is 0 Å². The van der Waals surface area contributed by atoms with Crippen LogP contribution in [-0.4, -0.2) is 67.1 Å². The molecule has 0 saturated carbocycles. The van der Waals surface area contributed by atoms with Crippen molar-refractivity contribution in [2.75, 3.05) is 39.4 Å². The summed E-state index contributed by atoms with van der Waals surface area (Å²) in [6, 6.07) is 0.660. The Kier molecular flexibility index (Phi) is 5.23. The molecule has 0 radical (unpaired) electrons. The molecule has 0 unspecified atom stereocenters. The highest BCUT2D eigenvalue weighted by Crippen LogP contribution is 2.25. The van der Waals surface area contributed by atoms with E-state index >= 15 is 0 Å². The van der Waals surface area contributed by atoms with Gasteiger partial charge in [-0.15, -0.1) is 0 Å². The highest BCUT2D eigenvalue weighted by molar-refractivity contribution is 4.80. The van der Waals surface area contributed by atoms with Crippen molar-refractivity contribution >= 4 is 0 Å². The molecule has 0 aromatic heterocycles. The van der Waals surface area contributed by atoms with Crippen LogP contribution >= 0.6 is 0 Å². The largest absolute Gasteiger partial charge is 0.379 e. The maximum absolute atomic E-state index is 6.39. The van der Waals surface area contributed by atoms with Gasteiger partial charge in [-0.1, -0.05) is 0 Å². The number of hydrogen-bond donors (Lipinski definition) is 0. The predicted octanol–water partition coefficient (Wildman–Crippen LogP) is 1.94. The van der Waals surface area contributed by atoms with Gasteiger partial charge >= 0.3 is 0 Å². The number of rotatable bonds is 4. The van der Waals surface area contributed by atoms with Gasteiger partial charge in [0.05, 0.1) is 19.3 Å². The first kappa shape index (κ1) is 15.2. The minimum absolute atomic E-state index is 0.158. The Bertz CT molecular complexity index is 267. The Morgan fingerprint density at radius 3 is 2.16 bits per heavy atom. The normalized spacial score (nSPS) is 25.1. The highest BCUT2D eigenvalue weighted by atomic mass is 16.5. The molecule has 19 heavy (non-hydrogen) atoms. The lowest BCUT2D eigenvalue weighted by atomic mass is 10.1. The molecule has 2 saturated heterocycles. The second-order valence-corrected chi connectivity index (χ2v) is 6.49. The Balaban J connectivity index is 1.80. The van der Waals surface area contributed by atoms with Crippen LogP contribution in [0, 0.1) is 0 Å². The first-order valence-corrected chi connectivity index (χ1v) is 7.74. The van der Waals surface area contributed by atoms with Crippen LogP contribution in [0.5, 0.6) is 0 Å². The molecule has 2 aliphatic heterocycles. The topological polar surface area (TPSA) is 24.9 Å². The van der Waals surface area contributed by atoms with E-state index in [1.54, 1.807) is 0 Å². The van der Waals surface area contributed by atoms with Crippen LogP contribution in [0.1, 0.15) is 40.5 Å². The van der Waals surface area contributed by atoms with Gasteiger partial charge in [0.1, 0.15) is 5.72 Å². The van der Waals surface area contributed by atoms with Crippen LogP contribution in [-0.2, 0) is 9.47 Å². The van der Waals surface area contributed by atoms with E-state index in [4.69, 9.17) is 9.47 Å². The monoisotopic (exact) mass is 270 g/mol. The molecule has 0 N–H and O–H groups in total. The molecule has 0 aliphatic carbocycles. The molecule has 0 atom stereocenters. The van der Waals surface area contributed by atoms with Crippen LogP contribution in [0.3, 0.4) is 0 Å². The van der Waals surface area contributed by atoms with Crippen LogP contribution in [0.25, 0.3) is 0 Å². The summed E-state index contributed by atoms with van der Waals surface area (Å²) in [6.07, 6.45) is 2.73. The molecular weight excluding hydrogens is 240 g/mol. The van der Waals surface area contributed by atoms with Crippen LogP contribution < -0.4 is 0 Å². The van der Waals surface area contributed by atoms with Gasteiger partial charge in [0.15, 0.2) is 0 Å². The van der Waals surface area contributed by atoms with E-state index < -0.39 is 0 Å². The van der Waals surface area contributed by atoms with Gasteiger partial charge < -0.3 is 14.4 Å². The smallest absolute Gasteiger partial charge is 0.116 e.